The lowest BCUT2D eigenvalue weighted by Crippen LogP contribution is -2.57. The highest BCUT2D eigenvalue weighted by Gasteiger charge is 2.42. The van der Waals surface area contributed by atoms with Crippen molar-refractivity contribution in [2.24, 2.45) is 0 Å². The molecule has 1 N–H and O–H groups in total. The molecule has 3 heterocycles. The molecule has 31 heavy (non-hydrogen) atoms. The zero-order valence-electron chi connectivity index (χ0n) is 18.0. The van der Waals surface area contributed by atoms with Gasteiger partial charge in [-0.2, -0.15) is 0 Å². The van der Waals surface area contributed by atoms with Gasteiger partial charge in [-0.25, -0.2) is 4.79 Å². The first-order valence-corrected chi connectivity index (χ1v) is 10.9. The summed E-state index contributed by atoms with van der Waals surface area (Å²) in [7, 11) is 1.65. The van der Waals surface area contributed by atoms with Crippen LogP contribution in [0.4, 0.5) is 0 Å². The van der Waals surface area contributed by atoms with Crippen molar-refractivity contribution in [3.05, 3.63) is 50.8 Å². The highest BCUT2D eigenvalue weighted by molar-refractivity contribution is 6.32. The fourth-order valence-corrected chi connectivity index (χ4v) is 4.96. The number of piperidine rings is 1. The van der Waals surface area contributed by atoms with Crippen molar-refractivity contribution in [2.75, 3.05) is 25.3 Å². The lowest BCUT2D eigenvalue weighted by molar-refractivity contribution is 0.0694. The van der Waals surface area contributed by atoms with E-state index in [1.165, 1.54) is 12.3 Å². The van der Waals surface area contributed by atoms with E-state index < -0.39 is 11.4 Å². The second-order valence-electron chi connectivity index (χ2n) is 8.72. The summed E-state index contributed by atoms with van der Waals surface area (Å²) in [5, 5.41) is 12.2. The molecule has 1 atom stereocenters. The highest BCUT2D eigenvalue weighted by Crippen LogP contribution is 2.48. The van der Waals surface area contributed by atoms with E-state index in [4.69, 9.17) is 21.1 Å². The van der Waals surface area contributed by atoms with Crippen molar-refractivity contribution in [1.29, 1.82) is 0 Å². The second-order valence-corrected chi connectivity index (χ2v) is 9.12. The Bertz CT molecular complexity index is 1080. The van der Waals surface area contributed by atoms with Gasteiger partial charge < -0.3 is 14.6 Å². The minimum atomic E-state index is -1.23. The third kappa shape index (κ3) is 3.81. The van der Waals surface area contributed by atoms with Crippen LogP contribution < -0.4 is 15.2 Å². The predicted octanol–water partition coefficient (Wildman–Crippen LogP) is 4.24. The van der Waals surface area contributed by atoms with Crippen molar-refractivity contribution in [3.8, 4) is 17.0 Å². The van der Waals surface area contributed by atoms with E-state index in [-0.39, 0.29) is 17.1 Å². The molecule has 1 aromatic heterocycles. The molecule has 2 aliphatic heterocycles. The van der Waals surface area contributed by atoms with Crippen LogP contribution in [0.2, 0.25) is 5.02 Å². The van der Waals surface area contributed by atoms with Crippen LogP contribution >= 0.6 is 11.6 Å². The lowest BCUT2D eigenvalue weighted by atomic mass is 9.82. The van der Waals surface area contributed by atoms with Gasteiger partial charge in [0.15, 0.2) is 5.43 Å². The molecule has 0 saturated carbocycles. The van der Waals surface area contributed by atoms with E-state index in [0.29, 0.717) is 29.7 Å². The number of nitrogens with zero attached hydrogens (tertiary/aromatic N) is 2. The molecule has 0 spiro atoms. The molecule has 7 nitrogen and oxygen atoms in total. The Morgan fingerprint density at radius 3 is 2.77 bits per heavy atom. The Kier molecular flexibility index (Phi) is 5.75. The molecule has 0 amide bonds. The maximum absolute atomic E-state index is 12.5. The van der Waals surface area contributed by atoms with Gasteiger partial charge in [0.1, 0.15) is 11.3 Å². The van der Waals surface area contributed by atoms with Gasteiger partial charge in [0.2, 0.25) is 0 Å². The Balaban J connectivity index is 1.88. The number of halogens is 1. The summed E-state index contributed by atoms with van der Waals surface area (Å²) in [6, 6.07) is 5.23. The van der Waals surface area contributed by atoms with Crippen LogP contribution in [-0.2, 0) is 4.74 Å². The molecule has 166 valence electrons. The van der Waals surface area contributed by atoms with Crippen molar-refractivity contribution >= 4 is 17.6 Å². The lowest BCUT2D eigenvalue weighted by Gasteiger charge is -2.53. The molecule has 1 unspecified atom stereocenters. The SMILES string of the molecule is COCCCOc1cc2c(cc1Cl)-c1cc(=O)c(C(=O)O)cn1N1C2CCCC1(C)C. The second kappa shape index (κ2) is 8.20. The van der Waals surface area contributed by atoms with E-state index in [1.807, 2.05) is 16.8 Å². The average molecular weight is 447 g/mol. The van der Waals surface area contributed by atoms with Crippen LogP contribution in [0, 0.1) is 0 Å². The van der Waals surface area contributed by atoms with Crippen LogP contribution in [0.15, 0.2) is 29.2 Å². The van der Waals surface area contributed by atoms with E-state index in [9.17, 15) is 14.7 Å². The first-order valence-electron chi connectivity index (χ1n) is 10.5. The molecule has 2 aromatic rings. The van der Waals surface area contributed by atoms with Gasteiger partial charge in [0.05, 0.1) is 28.9 Å². The molecule has 1 saturated heterocycles. The Labute approximate surface area is 186 Å². The molecule has 1 aromatic carbocycles. The van der Waals surface area contributed by atoms with Gasteiger partial charge in [-0.3, -0.25) is 14.5 Å². The number of carboxylic acid groups (broad SMARTS) is 1. The number of fused-ring (bicyclic) bond motifs is 6. The number of carboxylic acids is 1. The molecule has 0 bridgehead atoms. The smallest absolute Gasteiger partial charge is 0.341 e. The Morgan fingerprint density at radius 1 is 1.29 bits per heavy atom. The van der Waals surface area contributed by atoms with Gasteiger partial charge in [-0.15, -0.1) is 0 Å². The molecule has 8 heteroatoms. The molecule has 0 aliphatic carbocycles. The van der Waals surface area contributed by atoms with Crippen molar-refractivity contribution in [3.63, 3.8) is 0 Å². The van der Waals surface area contributed by atoms with Crippen molar-refractivity contribution in [1.82, 2.24) is 4.68 Å². The van der Waals surface area contributed by atoms with Gasteiger partial charge in [0.25, 0.3) is 0 Å². The number of hydrogen-bond donors (Lipinski definition) is 1. The quantitative estimate of drug-likeness (QED) is 0.668. The normalized spacial score (nSPS) is 18.7. The number of methoxy groups -OCH3 is 1. The maximum Gasteiger partial charge on any atom is 0.341 e. The number of rotatable bonds is 6. The van der Waals surface area contributed by atoms with E-state index >= 15 is 0 Å². The van der Waals surface area contributed by atoms with Crippen molar-refractivity contribution < 1.29 is 19.4 Å². The van der Waals surface area contributed by atoms with Crippen LogP contribution in [0.3, 0.4) is 0 Å². The van der Waals surface area contributed by atoms with E-state index in [1.54, 1.807) is 7.11 Å². The minimum Gasteiger partial charge on any atom is -0.492 e. The van der Waals surface area contributed by atoms with Crippen LogP contribution in [0.25, 0.3) is 11.3 Å². The number of pyridine rings is 1. The van der Waals surface area contributed by atoms with Crippen molar-refractivity contribution in [2.45, 2.75) is 51.1 Å². The molecule has 2 aliphatic rings. The van der Waals surface area contributed by atoms with Gasteiger partial charge in [-0.05, 0) is 50.8 Å². The fourth-order valence-electron chi connectivity index (χ4n) is 4.74. The number of ether oxygens (including phenoxy) is 2. The minimum absolute atomic E-state index is 0.0222. The summed E-state index contributed by atoms with van der Waals surface area (Å²) in [4.78, 5) is 24.2. The molecule has 1 fully saturated rings. The summed E-state index contributed by atoms with van der Waals surface area (Å²) in [5.74, 6) is -0.617. The number of aromatic nitrogens is 1. The standard InChI is InChI=1S/C23H27ClN2O5/c1-23(2)7-4-6-18-15-11-21(31-9-5-8-30-3)17(24)10-14(15)19-12-20(27)16(22(28)29)13-25(19)26(18)23/h10-13,18H,4-9H2,1-3H3,(H,28,29). The zero-order valence-corrected chi connectivity index (χ0v) is 18.7. The average Bonchev–Trinajstić information content (AvgIpc) is 2.71. The van der Waals surface area contributed by atoms with Crippen LogP contribution in [0.1, 0.15) is 61.5 Å². The Morgan fingerprint density at radius 2 is 2.06 bits per heavy atom. The first kappa shape index (κ1) is 21.7. The summed E-state index contributed by atoms with van der Waals surface area (Å²) in [6.07, 6.45) is 5.12. The predicted molar refractivity (Wildman–Crippen MR) is 119 cm³/mol. The first-order chi connectivity index (χ1) is 14.7. The monoisotopic (exact) mass is 446 g/mol. The third-order valence-electron chi connectivity index (χ3n) is 6.16. The highest BCUT2D eigenvalue weighted by atomic mass is 35.5. The maximum atomic E-state index is 12.5. The third-order valence-corrected chi connectivity index (χ3v) is 6.46. The number of aromatic carboxylic acids is 1. The largest absolute Gasteiger partial charge is 0.492 e. The van der Waals surface area contributed by atoms with E-state index in [0.717, 1.165) is 36.8 Å². The molecule has 0 radical (unpaired) electrons. The van der Waals surface area contributed by atoms with Gasteiger partial charge in [-0.1, -0.05) is 11.6 Å². The van der Waals surface area contributed by atoms with Gasteiger partial charge >= 0.3 is 5.97 Å². The summed E-state index contributed by atoms with van der Waals surface area (Å²) < 4.78 is 12.8. The fraction of sp³-hybridized carbons (Fsp3) is 0.478. The van der Waals surface area contributed by atoms with E-state index in [2.05, 4.69) is 18.9 Å². The summed E-state index contributed by atoms with van der Waals surface area (Å²) >= 11 is 6.54. The number of hydrogen-bond acceptors (Lipinski definition) is 5. The number of carbonyl (C=O) groups is 1. The van der Waals surface area contributed by atoms with Crippen LogP contribution in [-0.4, -0.2) is 41.6 Å². The van der Waals surface area contributed by atoms with Crippen LogP contribution in [0.5, 0.6) is 5.75 Å². The molecule has 4 rings (SSSR count). The molecular formula is C23H27ClN2O5. The topological polar surface area (TPSA) is 81.0 Å². The zero-order chi connectivity index (χ0) is 22.3. The molecular weight excluding hydrogens is 420 g/mol. The summed E-state index contributed by atoms with van der Waals surface area (Å²) in [5.41, 5.74) is 1.54. The summed E-state index contributed by atoms with van der Waals surface area (Å²) in [6.45, 7) is 5.38. The van der Waals surface area contributed by atoms with Gasteiger partial charge in [0, 0.05) is 38.0 Å². The number of benzene rings is 1. The Hall–Kier alpha value is -2.51.